The van der Waals surface area contributed by atoms with Gasteiger partial charge in [0.1, 0.15) is 5.82 Å². The number of aromatic nitrogens is 2. The largest absolute Gasteiger partial charge is 0.352 e. The molecule has 2 aromatic rings. The number of rotatable bonds is 2. The third-order valence-corrected chi connectivity index (χ3v) is 4.27. The maximum Gasteiger partial charge on any atom is 0.321 e. The van der Waals surface area contributed by atoms with Gasteiger partial charge in [0.25, 0.3) is 0 Å². The van der Waals surface area contributed by atoms with Gasteiger partial charge in [0.2, 0.25) is 0 Å². The van der Waals surface area contributed by atoms with Crippen molar-refractivity contribution in [2.75, 3.05) is 36.4 Å². The molecule has 1 fully saturated rings. The van der Waals surface area contributed by atoms with E-state index >= 15 is 0 Å². The number of benzene rings is 1. The Morgan fingerprint density at radius 2 is 2.00 bits per heavy atom. The van der Waals surface area contributed by atoms with Gasteiger partial charge in [-0.25, -0.2) is 9.78 Å². The van der Waals surface area contributed by atoms with E-state index in [1.54, 1.807) is 29.6 Å². The van der Waals surface area contributed by atoms with Crippen LogP contribution < -0.4 is 10.2 Å². The van der Waals surface area contributed by atoms with Crippen LogP contribution in [0.15, 0.2) is 36.8 Å². The lowest BCUT2D eigenvalue weighted by Crippen LogP contribution is -2.50. The molecule has 0 radical (unpaired) electrons. The smallest absolute Gasteiger partial charge is 0.321 e. The molecule has 1 aliphatic rings. The molecule has 0 saturated carbocycles. The van der Waals surface area contributed by atoms with Gasteiger partial charge in [-0.05, 0) is 24.6 Å². The van der Waals surface area contributed by atoms with E-state index in [1.165, 1.54) is 0 Å². The Balaban J connectivity index is 1.57. The van der Waals surface area contributed by atoms with E-state index in [9.17, 15) is 4.79 Å². The van der Waals surface area contributed by atoms with Crippen LogP contribution in [-0.4, -0.2) is 47.1 Å². The Morgan fingerprint density at radius 3 is 2.65 bits per heavy atom. The molecule has 1 aliphatic heterocycles. The van der Waals surface area contributed by atoms with Crippen molar-refractivity contribution in [3.8, 4) is 0 Å². The average molecular weight is 332 g/mol. The van der Waals surface area contributed by atoms with Crippen LogP contribution >= 0.6 is 11.6 Å². The summed E-state index contributed by atoms with van der Waals surface area (Å²) >= 11 is 6.09. The van der Waals surface area contributed by atoms with Crippen LogP contribution in [0.3, 0.4) is 0 Å². The lowest BCUT2D eigenvalue weighted by Gasteiger charge is -2.35. The molecule has 0 atom stereocenters. The van der Waals surface area contributed by atoms with Gasteiger partial charge in [0, 0.05) is 49.3 Å². The van der Waals surface area contributed by atoms with Crippen molar-refractivity contribution in [3.05, 3.63) is 47.4 Å². The highest BCUT2D eigenvalue weighted by molar-refractivity contribution is 6.31. The number of piperazine rings is 1. The fraction of sp³-hybridized carbons (Fsp3) is 0.312. The predicted octanol–water partition coefficient (Wildman–Crippen LogP) is 2.79. The second-order valence-corrected chi connectivity index (χ2v) is 5.84. The first-order valence-corrected chi connectivity index (χ1v) is 7.84. The Kier molecular flexibility index (Phi) is 4.62. The summed E-state index contributed by atoms with van der Waals surface area (Å²) in [6.07, 6.45) is 5.07. The summed E-state index contributed by atoms with van der Waals surface area (Å²) in [6, 6.07) is 5.41. The van der Waals surface area contributed by atoms with Crippen molar-refractivity contribution in [3.63, 3.8) is 0 Å². The van der Waals surface area contributed by atoms with Gasteiger partial charge in [0.05, 0.1) is 6.20 Å². The summed E-state index contributed by atoms with van der Waals surface area (Å²) in [5.74, 6) is 0.845. The molecule has 0 unspecified atom stereocenters. The molecule has 0 aliphatic carbocycles. The van der Waals surface area contributed by atoms with Crippen LogP contribution in [0.5, 0.6) is 0 Å². The second kappa shape index (κ2) is 6.83. The third kappa shape index (κ3) is 3.71. The molecular weight excluding hydrogens is 314 g/mol. The first-order chi connectivity index (χ1) is 11.1. The molecule has 0 spiro atoms. The highest BCUT2D eigenvalue weighted by Gasteiger charge is 2.22. The molecule has 1 N–H and O–H groups in total. The van der Waals surface area contributed by atoms with E-state index < -0.39 is 0 Å². The Hall–Kier alpha value is -2.34. The number of halogens is 1. The minimum atomic E-state index is -0.108. The summed E-state index contributed by atoms with van der Waals surface area (Å²) in [7, 11) is 0. The molecule has 1 aromatic heterocycles. The molecule has 1 saturated heterocycles. The number of nitrogens with zero attached hydrogens (tertiary/aromatic N) is 4. The molecule has 2 amide bonds. The van der Waals surface area contributed by atoms with E-state index in [-0.39, 0.29) is 6.03 Å². The number of aryl methyl sites for hydroxylation is 1. The maximum absolute atomic E-state index is 12.3. The topological polar surface area (TPSA) is 61.4 Å². The lowest BCUT2D eigenvalue weighted by molar-refractivity contribution is 0.208. The minimum Gasteiger partial charge on any atom is -0.352 e. The van der Waals surface area contributed by atoms with Crippen molar-refractivity contribution in [1.82, 2.24) is 14.9 Å². The summed E-state index contributed by atoms with van der Waals surface area (Å²) in [4.78, 5) is 24.6. The SMILES string of the molecule is Cc1ccc(NC(=O)N2CCN(c3cnccn3)CC2)cc1Cl. The highest BCUT2D eigenvalue weighted by atomic mass is 35.5. The zero-order valence-corrected chi connectivity index (χ0v) is 13.6. The molecule has 7 heteroatoms. The zero-order valence-electron chi connectivity index (χ0n) is 12.9. The molecule has 2 heterocycles. The standard InChI is InChI=1S/C16H18ClN5O/c1-12-2-3-13(10-14(12)17)20-16(23)22-8-6-21(7-9-22)15-11-18-4-5-19-15/h2-5,10-11H,6-9H2,1H3,(H,20,23). The van der Waals surface area contributed by atoms with E-state index in [2.05, 4.69) is 20.2 Å². The van der Waals surface area contributed by atoms with Crippen molar-refractivity contribution < 1.29 is 4.79 Å². The van der Waals surface area contributed by atoms with Gasteiger partial charge in [0.15, 0.2) is 0 Å². The minimum absolute atomic E-state index is 0.108. The fourth-order valence-electron chi connectivity index (χ4n) is 2.47. The molecule has 120 valence electrons. The van der Waals surface area contributed by atoms with Crippen molar-refractivity contribution in [1.29, 1.82) is 0 Å². The van der Waals surface area contributed by atoms with Crippen LogP contribution in [0, 0.1) is 6.92 Å². The zero-order chi connectivity index (χ0) is 16.2. The number of nitrogens with one attached hydrogen (secondary N) is 1. The van der Waals surface area contributed by atoms with E-state index in [0.29, 0.717) is 23.8 Å². The predicted molar refractivity (Wildman–Crippen MR) is 91.0 cm³/mol. The van der Waals surface area contributed by atoms with E-state index in [1.807, 2.05) is 19.1 Å². The van der Waals surface area contributed by atoms with Crippen molar-refractivity contribution in [2.45, 2.75) is 6.92 Å². The van der Waals surface area contributed by atoms with E-state index in [0.717, 1.165) is 24.5 Å². The highest BCUT2D eigenvalue weighted by Crippen LogP contribution is 2.20. The number of hydrogen-bond acceptors (Lipinski definition) is 4. The number of hydrogen-bond donors (Lipinski definition) is 1. The average Bonchev–Trinajstić information content (AvgIpc) is 2.59. The van der Waals surface area contributed by atoms with Gasteiger partial charge in [-0.15, -0.1) is 0 Å². The molecule has 1 aromatic carbocycles. The molecule has 23 heavy (non-hydrogen) atoms. The quantitative estimate of drug-likeness (QED) is 0.919. The first-order valence-electron chi connectivity index (χ1n) is 7.46. The Bertz CT molecular complexity index is 686. The summed E-state index contributed by atoms with van der Waals surface area (Å²) in [5, 5.41) is 3.54. The number of carbonyl (C=O) groups is 1. The fourth-order valence-corrected chi connectivity index (χ4v) is 2.65. The number of carbonyl (C=O) groups excluding carboxylic acids is 1. The summed E-state index contributed by atoms with van der Waals surface area (Å²) in [6.45, 7) is 4.69. The molecular formula is C16H18ClN5O. The maximum atomic E-state index is 12.3. The van der Waals surface area contributed by atoms with Crippen molar-refractivity contribution in [2.24, 2.45) is 0 Å². The van der Waals surface area contributed by atoms with E-state index in [4.69, 9.17) is 11.6 Å². The van der Waals surface area contributed by atoms with Crippen LogP contribution in [0.4, 0.5) is 16.3 Å². The van der Waals surface area contributed by atoms with Crippen LogP contribution in [-0.2, 0) is 0 Å². The summed E-state index contributed by atoms with van der Waals surface area (Å²) < 4.78 is 0. The number of anilines is 2. The lowest BCUT2D eigenvalue weighted by atomic mass is 10.2. The normalized spacial score (nSPS) is 14.7. The van der Waals surface area contributed by atoms with Gasteiger partial charge in [-0.1, -0.05) is 17.7 Å². The van der Waals surface area contributed by atoms with Crippen LogP contribution in [0.1, 0.15) is 5.56 Å². The second-order valence-electron chi connectivity index (χ2n) is 5.43. The Labute approximate surface area is 140 Å². The number of urea groups is 1. The van der Waals surface area contributed by atoms with Crippen LogP contribution in [0.25, 0.3) is 0 Å². The Morgan fingerprint density at radius 1 is 1.22 bits per heavy atom. The van der Waals surface area contributed by atoms with Gasteiger partial charge in [-0.2, -0.15) is 0 Å². The van der Waals surface area contributed by atoms with Crippen LogP contribution in [0.2, 0.25) is 5.02 Å². The van der Waals surface area contributed by atoms with Gasteiger partial charge >= 0.3 is 6.03 Å². The molecule has 6 nitrogen and oxygen atoms in total. The van der Waals surface area contributed by atoms with Gasteiger partial charge in [-0.3, -0.25) is 4.98 Å². The molecule has 0 bridgehead atoms. The first kappa shape index (κ1) is 15.6. The molecule has 3 rings (SSSR count). The van der Waals surface area contributed by atoms with Gasteiger partial charge < -0.3 is 15.1 Å². The monoisotopic (exact) mass is 331 g/mol. The number of amides is 2. The summed E-state index contributed by atoms with van der Waals surface area (Å²) in [5.41, 5.74) is 1.70. The van der Waals surface area contributed by atoms with Crippen molar-refractivity contribution >= 4 is 29.1 Å². The third-order valence-electron chi connectivity index (χ3n) is 3.86.